The zero-order valence-electron chi connectivity index (χ0n) is 15.6. The summed E-state index contributed by atoms with van der Waals surface area (Å²) in [6, 6.07) is 15.6. The monoisotopic (exact) mass is 370 g/mol. The SMILES string of the molecule is COc1ccc(CN(Cc2ccc(OC)cc2)C2NCNNC2C=O)cc1. The van der Waals surface area contributed by atoms with Crippen molar-refractivity contribution in [3.05, 3.63) is 59.7 Å². The molecule has 1 saturated heterocycles. The van der Waals surface area contributed by atoms with Crippen molar-refractivity contribution in [2.45, 2.75) is 25.3 Å². The predicted octanol–water partition coefficient (Wildman–Crippen LogP) is 1.25. The number of hydrogen-bond acceptors (Lipinski definition) is 7. The van der Waals surface area contributed by atoms with Gasteiger partial charge in [0.1, 0.15) is 23.8 Å². The van der Waals surface area contributed by atoms with Gasteiger partial charge in [0.05, 0.1) is 27.1 Å². The second-order valence-corrected chi connectivity index (χ2v) is 6.41. The van der Waals surface area contributed by atoms with Gasteiger partial charge >= 0.3 is 0 Å². The highest BCUT2D eigenvalue weighted by Gasteiger charge is 2.29. The predicted molar refractivity (Wildman–Crippen MR) is 103 cm³/mol. The largest absolute Gasteiger partial charge is 0.497 e. The molecule has 1 aliphatic rings. The number of hydrazine groups is 1. The van der Waals surface area contributed by atoms with Crippen LogP contribution < -0.4 is 25.6 Å². The molecule has 7 nitrogen and oxygen atoms in total. The van der Waals surface area contributed by atoms with Crippen LogP contribution in [0.5, 0.6) is 11.5 Å². The highest BCUT2D eigenvalue weighted by molar-refractivity contribution is 5.59. The Kier molecular flexibility index (Phi) is 6.78. The fourth-order valence-electron chi connectivity index (χ4n) is 3.18. The number of aldehydes is 1. The van der Waals surface area contributed by atoms with Crippen LogP contribution in [0.4, 0.5) is 0 Å². The fourth-order valence-corrected chi connectivity index (χ4v) is 3.18. The first-order valence-electron chi connectivity index (χ1n) is 8.90. The Morgan fingerprint density at radius 2 is 1.48 bits per heavy atom. The van der Waals surface area contributed by atoms with Crippen molar-refractivity contribution in [2.75, 3.05) is 20.9 Å². The lowest BCUT2D eigenvalue weighted by atomic mass is 10.1. The summed E-state index contributed by atoms with van der Waals surface area (Å²) in [6.45, 7) is 1.97. The molecule has 2 aromatic rings. The Morgan fingerprint density at radius 3 is 1.93 bits per heavy atom. The van der Waals surface area contributed by atoms with E-state index in [2.05, 4.69) is 21.1 Å². The van der Waals surface area contributed by atoms with E-state index in [0.717, 1.165) is 28.9 Å². The lowest BCUT2D eigenvalue weighted by Gasteiger charge is -2.39. The summed E-state index contributed by atoms with van der Waals surface area (Å²) in [5, 5.41) is 3.38. The van der Waals surface area contributed by atoms with Crippen LogP contribution >= 0.6 is 0 Å². The van der Waals surface area contributed by atoms with E-state index in [4.69, 9.17) is 9.47 Å². The van der Waals surface area contributed by atoms with Crippen molar-refractivity contribution in [1.82, 2.24) is 21.1 Å². The van der Waals surface area contributed by atoms with Gasteiger partial charge in [-0.05, 0) is 35.4 Å². The fraction of sp³-hybridized carbons (Fsp3) is 0.350. The van der Waals surface area contributed by atoms with Gasteiger partial charge in [0.25, 0.3) is 0 Å². The zero-order chi connectivity index (χ0) is 19.1. The van der Waals surface area contributed by atoms with Crippen LogP contribution in [-0.2, 0) is 17.9 Å². The number of carbonyl (C=O) groups excluding carboxylic acids is 1. The maximum Gasteiger partial charge on any atom is 0.141 e. The minimum absolute atomic E-state index is 0.132. The van der Waals surface area contributed by atoms with Crippen LogP contribution in [0.25, 0.3) is 0 Å². The molecular formula is C20H26N4O3. The second kappa shape index (κ2) is 9.48. The number of rotatable bonds is 8. The molecule has 0 aliphatic carbocycles. The molecule has 3 rings (SSSR count). The maximum absolute atomic E-state index is 11.5. The molecular weight excluding hydrogens is 344 g/mol. The van der Waals surface area contributed by atoms with Crippen molar-refractivity contribution < 1.29 is 14.3 Å². The average Bonchev–Trinajstić information content (AvgIpc) is 2.74. The van der Waals surface area contributed by atoms with E-state index in [-0.39, 0.29) is 12.2 Å². The minimum Gasteiger partial charge on any atom is -0.497 e. The van der Waals surface area contributed by atoms with E-state index < -0.39 is 0 Å². The topological polar surface area (TPSA) is 74.9 Å². The Labute approximate surface area is 159 Å². The molecule has 2 unspecified atom stereocenters. The molecule has 7 heteroatoms. The number of hydrogen-bond donors (Lipinski definition) is 3. The summed E-state index contributed by atoms with van der Waals surface area (Å²) in [7, 11) is 3.31. The van der Waals surface area contributed by atoms with Gasteiger partial charge in [-0.15, -0.1) is 0 Å². The quantitative estimate of drug-likeness (QED) is 0.604. The Bertz CT molecular complexity index is 672. The van der Waals surface area contributed by atoms with Crippen molar-refractivity contribution >= 4 is 6.29 Å². The van der Waals surface area contributed by atoms with Gasteiger partial charge in [-0.3, -0.25) is 10.2 Å². The smallest absolute Gasteiger partial charge is 0.141 e. The number of benzene rings is 2. The third kappa shape index (κ3) is 5.05. The van der Waals surface area contributed by atoms with E-state index in [9.17, 15) is 4.79 Å². The molecule has 1 heterocycles. The van der Waals surface area contributed by atoms with Crippen LogP contribution in [0, 0.1) is 0 Å². The summed E-state index contributed by atoms with van der Waals surface area (Å²) in [5.41, 5.74) is 8.32. The second-order valence-electron chi connectivity index (χ2n) is 6.41. The molecule has 0 radical (unpaired) electrons. The number of nitrogens with one attached hydrogen (secondary N) is 3. The normalized spacial score (nSPS) is 19.7. The third-order valence-corrected chi connectivity index (χ3v) is 4.64. The van der Waals surface area contributed by atoms with Crippen LogP contribution in [0.15, 0.2) is 48.5 Å². The number of methoxy groups -OCH3 is 2. The maximum atomic E-state index is 11.5. The molecule has 1 fully saturated rings. The standard InChI is InChI=1S/C20H26N4O3/c1-26-17-7-3-15(4-8-17)11-24(20-19(13-25)23-22-14-21-20)12-16-5-9-18(27-2)10-6-16/h3-10,13,19-23H,11-12,14H2,1-2H3. The first-order valence-corrected chi connectivity index (χ1v) is 8.90. The summed E-state index contributed by atoms with van der Waals surface area (Å²) < 4.78 is 10.5. The van der Waals surface area contributed by atoms with Gasteiger partial charge in [0.2, 0.25) is 0 Å². The minimum atomic E-state index is -0.352. The highest BCUT2D eigenvalue weighted by atomic mass is 16.5. The van der Waals surface area contributed by atoms with Gasteiger partial charge in [-0.2, -0.15) is 0 Å². The number of ether oxygens (including phenoxy) is 2. The number of nitrogens with zero attached hydrogens (tertiary/aromatic N) is 1. The van der Waals surface area contributed by atoms with Crippen LogP contribution in [-0.4, -0.2) is 44.3 Å². The first kappa shape index (κ1) is 19.3. The molecule has 144 valence electrons. The molecule has 27 heavy (non-hydrogen) atoms. The molecule has 0 bridgehead atoms. The van der Waals surface area contributed by atoms with Crippen molar-refractivity contribution in [3.63, 3.8) is 0 Å². The molecule has 0 aromatic heterocycles. The molecule has 0 spiro atoms. The first-order chi connectivity index (χ1) is 13.2. The lowest BCUT2D eigenvalue weighted by Crippen LogP contribution is -2.67. The Hall–Kier alpha value is -2.45. The molecule has 2 aromatic carbocycles. The van der Waals surface area contributed by atoms with Gasteiger partial charge < -0.3 is 14.3 Å². The van der Waals surface area contributed by atoms with Gasteiger partial charge in [-0.25, -0.2) is 10.9 Å². The van der Waals surface area contributed by atoms with Crippen LogP contribution in [0.1, 0.15) is 11.1 Å². The van der Waals surface area contributed by atoms with E-state index >= 15 is 0 Å². The van der Waals surface area contributed by atoms with E-state index in [0.29, 0.717) is 19.8 Å². The van der Waals surface area contributed by atoms with E-state index in [1.165, 1.54) is 0 Å². The average molecular weight is 370 g/mol. The summed E-state index contributed by atoms with van der Waals surface area (Å²) in [4.78, 5) is 13.8. The van der Waals surface area contributed by atoms with Crippen LogP contribution in [0.2, 0.25) is 0 Å². The molecule has 1 aliphatic heterocycles. The van der Waals surface area contributed by atoms with Crippen molar-refractivity contribution in [2.24, 2.45) is 0 Å². The zero-order valence-corrected chi connectivity index (χ0v) is 15.6. The van der Waals surface area contributed by atoms with Crippen LogP contribution in [0.3, 0.4) is 0 Å². The summed E-state index contributed by atoms with van der Waals surface area (Å²) in [5.74, 6) is 1.65. The lowest BCUT2D eigenvalue weighted by molar-refractivity contribution is -0.113. The van der Waals surface area contributed by atoms with Gasteiger partial charge in [0, 0.05) is 13.1 Å². The molecule has 3 N–H and O–H groups in total. The van der Waals surface area contributed by atoms with Crippen molar-refractivity contribution in [3.8, 4) is 11.5 Å². The van der Waals surface area contributed by atoms with Gasteiger partial charge in [0.15, 0.2) is 0 Å². The summed E-state index contributed by atoms with van der Waals surface area (Å²) in [6.07, 6.45) is 0.798. The van der Waals surface area contributed by atoms with E-state index in [1.807, 2.05) is 48.5 Å². The highest BCUT2D eigenvalue weighted by Crippen LogP contribution is 2.19. The van der Waals surface area contributed by atoms with Crippen molar-refractivity contribution in [1.29, 1.82) is 0 Å². The molecule has 0 amide bonds. The Morgan fingerprint density at radius 1 is 0.963 bits per heavy atom. The Balaban J connectivity index is 1.80. The molecule has 0 saturated carbocycles. The third-order valence-electron chi connectivity index (χ3n) is 4.64. The van der Waals surface area contributed by atoms with E-state index in [1.54, 1.807) is 14.2 Å². The van der Waals surface area contributed by atoms with Gasteiger partial charge in [-0.1, -0.05) is 24.3 Å². The number of carbonyl (C=O) groups is 1. The summed E-state index contributed by atoms with van der Waals surface area (Å²) >= 11 is 0. The molecule has 2 atom stereocenters.